The van der Waals surface area contributed by atoms with E-state index in [4.69, 9.17) is 4.74 Å². The Morgan fingerprint density at radius 2 is 1.79 bits per heavy atom. The number of amides is 3. The van der Waals surface area contributed by atoms with Gasteiger partial charge in [0.05, 0.1) is 12.2 Å². The summed E-state index contributed by atoms with van der Waals surface area (Å²) in [5.41, 5.74) is 1.97. The van der Waals surface area contributed by atoms with Crippen LogP contribution in [0.15, 0.2) is 18.2 Å². The number of hydrogen-bond acceptors (Lipinski definition) is 4. The van der Waals surface area contributed by atoms with E-state index in [0.29, 0.717) is 19.6 Å². The van der Waals surface area contributed by atoms with Crippen LogP contribution in [0.5, 0.6) is 5.75 Å². The van der Waals surface area contributed by atoms with Crippen molar-refractivity contribution in [3.05, 3.63) is 23.8 Å². The summed E-state index contributed by atoms with van der Waals surface area (Å²) in [5, 5.41) is 3.15. The molecule has 1 aromatic carbocycles. The number of nitrogens with one attached hydrogen (secondary N) is 1. The van der Waals surface area contributed by atoms with Gasteiger partial charge in [-0.25, -0.2) is 4.79 Å². The third-order valence-corrected chi connectivity index (χ3v) is 7.56. The predicted molar refractivity (Wildman–Crippen MR) is 135 cm³/mol. The summed E-state index contributed by atoms with van der Waals surface area (Å²) in [5.74, 6) is 0.942. The Balaban J connectivity index is 1.23. The van der Waals surface area contributed by atoms with Crippen LogP contribution in [0.2, 0.25) is 0 Å². The van der Waals surface area contributed by atoms with E-state index in [1.54, 1.807) is 0 Å². The highest BCUT2D eigenvalue weighted by atomic mass is 16.5. The normalized spacial score (nSPS) is 22.0. The topological polar surface area (TPSA) is 65.1 Å². The smallest absolute Gasteiger partial charge is 0.324 e. The van der Waals surface area contributed by atoms with Crippen molar-refractivity contribution in [3.8, 4) is 5.75 Å². The molecule has 2 saturated heterocycles. The zero-order valence-corrected chi connectivity index (χ0v) is 21.1. The fourth-order valence-electron chi connectivity index (χ4n) is 5.37. The van der Waals surface area contributed by atoms with Crippen LogP contribution >= 0.6 is 0 Å². The van der Waals surface area contributed by atoms with E-state index in [0.717, 1.165) is 55.8 Å². The number of nitrogens with zero attached hydrogens (tertiary/aromatic N) is 3. The second-order valence-corrected chi connectivity index (χ2v) is 10.2. The minimum Gasteiger partial charge on any atom is -0.486 e. The van der Waals surface area contributed by atoms with E-state index in [-0.39, 0.29) is 24.0 Å². The average Bonchev–Trinajstić information content (AvgIpc) is 3.14. The quantitative estimate of drug-likeness (QED) is 0.634. The van der Waals surface area contributed by atoms with Crippen molar-refractivity contribution in [1.82, 2.24) is 15.1 Å². The maximum atomic E-state index is 13.4. The number of urea groups is 1. The highest BCUT2D eigenvalue weighted by Crippen LogP contribution is 2.36. The van der Waals surface area contributed by atoms with Gasteiger partial charge in [0.2, 0.25) is 5.91 Å². The summed E-state index contributed by atoms with van der Waals surface area (Å²) in [6.07, 6.45) is 8.65. The van der Waals surface area contributed by atoms with Crippen LogP contribution < -0.4 is 15.0 Å². The second-order valence-electron chi connectivity index (χ2n) is 10.2. The summed E-state index contributed by atoms with van der Waals surface area (Å²) in [6.45, 7) is 10.2. The highest BCUT2D eigenvalue weighted by molar-refractivity contribution is 5.94. The molecule has 3 amide bonds. The van der Waals surface area contributed by atoms with Crippen LogP contribution in [-0.2, 0) is 4.79 Å². The van der Waals surface area contributed by atoms with Crippen LogP contribution in [0.4, 0.5) is 10.5 Å². The molecule has 1 N–H and O–H groups in total. The van der Waals surface area contributed by atoms with Crippen LogP contribution in [0.25, 0.3) is 0 Å². The Morgan fingerprint density at radius 1 is 1.06 bits per heavy atom. The number of aryl methyl sites for hydroxylation is 1. The molecule has 3 aliphatic rings. The van der Waals surface area contributed by atoms with Crippen molar-refractivity contribution in [1.29, 1.82) is 0 Å². The lowest BCUT2D eigenvalue weighted by atomic mass is 9.96. The van der Waals surface area contributed by atoms with Gasteiger partial charge in [0, 0.05) is 25.6 Å². The van der Waals surface area contributed by atoms with Gasteiger partial charge in [0.25, 0.3) is 0 Å². The third kappa shape index (κ3) is 6.23. The molecule has 7 heteroatoms. The van der Waals surface area contributed by atoms with E-state index >= 15 is 0 Å². The maximum Gasteiger partial charge on any atom is 0.324 e. The number of ether oxygens (including phenoxy) is 1. The number of benzene rings is 1. The first-order valence-corrected chi connectivity index (χ1v) is 13.4. The molecular formula is C27H42N4O3. The van der Waals surface area contributed by atoms with Gasteiger partial charge in [-0.15, -0.1) is 0 Å². The molecule has 7 nitrogen and oxygen atoms in total. The van der Waals surface area contributed by atoms with E-state index < -0.39 is 0 Å². The molecule has 2 fully saturated rings. The first-order chi connectivity index (χ1) is 16.5. The van der Waals surface area contributed by atoms with Crippen LogP contribution in [0.1, 0.15) is 63.9 Å². The number of piperidine rings is 1. The molecule has 1 unspecified atom stereocenters. The lowest BCUT2D eigenvalue weighted by molar-refractivity contribution is -0.126. The SMILES string of the molecule is CCC1CN(C(=O)N2CCC(C(=O)NCCCN3CCCCCC3)CC2)c2cc(C)ccc2O1. The molecule has 34 heavy (non-hydrogen) atoms. The molecule has 0 bridgehead atoms. The van der Waals surface area contributed by atoms with Gasteiger partial charge in [-0.2, -0.15) is 0 Å². The van der Waals surface area contributed by atoms with Crippen LogP contribution in [0.3, 0.4) is 0 Å². The van der Waals surface area contributed by atoms with Crippen molar-refractivity contribution in [2.45, 2.75) is 71.3 Å². The molecule has 0 aliphatic carbocycles. The van der Waals surface area contributed by atoms with Gasteiger partial charge in [-0.1, -0.05) is 25.8 Å². The number of hydrogen-bond donors (Lipinski definition) is 1. The Morgan fingerprint density at radius 3 is 2.50 bits per heavy atom. The zero-order chi connectivity index (χ0) is 23.9. The number of anilines is 1. The number of rotatable bonds is 6. The predicted octanol–water partition coefficient (Wildman–Crippen LogP) is 4.19. The maximum absolute atomic E-state index is 13.4. The molecule has 3 heterocycles. The van der Waals surface area contributed by atoms with Gasteiger partial charge < -0.3 is 19.9 Å². The Bertz CT molecular complexity index is 829. The molecule has 1 aromatic rings. The molecule has 1 atom stereocenters. The minimum atomic E-state index is 0.00449. The first kappa shape index (κ1) is 24.8. The fourth-order valence-corrected chi connectivity index (χ4v) is 5.37. The van der Waals surface area contributed by atoms with Crippen molar-refractivity contribution < 1.29 is 14.3 Å². The minimum absolute atomic E-state index is 0.00449. The number of carbonyl (C=O) groups is 2. The van der Waals surface area contributed by atoms with Gasteiger partial charge >= 0.3 is 6.03 Å². The molecule has 188 valence electrons. The molecule has 3 aliphatic heterocycles. The Kier molecular flexibility index (Phi) is 8.70. The number of likely N-dealkylation sites (tertiary alicyclic amines) is 2. The van der Waals surface area contributed by atoms with Crippen molar-refractivity contribution in [2.75, 3.05) is 50.7 Å². The highest BCUT2D eigenvalue weighted by Gasteiger charge is 2.34. The summed E-state index contributed by atoms with van der Waals surface area (Å²) in [4.78, 5) is 32.5. The van der Waals surface area contributed by atoms with Gasteiger partial charge in [-0.05, 0) is 82.8 Å². The van der Waals surface area contributed by atoms with Crippen LogP contribution in [0, 0.1) is 12.8 Å². The molecule has 4 rings (SSSR count). The van der Waals surface area contributed by atoms with Crippen LogP contribution in [-0.4, -0.2) is 73.7 Å². The van der Waals surface area contributed by atoms with E-state index in [1.807, 2.05) is 34.9 Å². The Hall–Kier alpha value is -2.28. The third-order valence-electron chi connectivity index (χ3n) is 7.56. The van der Waals surface area contributed by atoms with Crippen molar-refractivity contribution >= 4 is 17.6 Å². The molecule has 0 aromatic heterocycles. The standard InChI is InChI=1S/C27H42N4O3/c1-3-23-20-31(24-19-21(2)9-10-25(24)34-23)27(33)30-17-11-22(12-18-30)26(32)28-13-8-16-29-14-6-4-5-7-15-29/h9-10,19,22-23H,3-8,11-18,20H2,1-2H3,(H,28,32). The summed E-state index contributed by atoms with van der Waals surface area (Å²) in [7, 11) is 0. The summed E-state index contributed by atoms with van der Waals surface area (Å²) in [6, 6.07) is 6.06. The van der Waals surface area contributed by atoms with Crippen molar-refractivity contribution in [3.63, 3.8) is 0 Å². The number of carbonyl (C=O) groups excluding carboxylic acids is 2. The van der Waals surface area contributed by atoms with E-state index in [9.17, 15) is 9.59 Å². The van der Waals surface area contributed by atoms with Crippen molar-refractivity contribution in [2.24, 2.45) is 5.92 Å². The zero-order valence-electron chi connectivity index (χ0n) is 21.1. The van der Waals surface area contributed by atoms with E-state index in [2.05, 4.69) is 17.1 Å². The lowest BCUT2D eigenvalue weighted by Crippen LogP contribution is -2.52. The Labute approximate surface area is 204 Å². The lowest BCUT2D eigenvalue weighted by Gasteiger charge is -2.39. The van der Waals surface area contributed by atoms with E-state index in [1.165, 1.54) is 38.8 Å². The van der Waals surface area contributed by atoms with Gasteiger partial charge in [-0.3, -0.25) is 9.69 Å². The molecular weight excluding hydrogens is 428 g/mol. The summed E-state index contributed by atoms with van der Waals surface area (Å²) >= 11 is 0. The second kappa shape index (κ2) is 11.9. The fraction of sp³-hybridized carbons (Fsp3) is 0.704. The van der Waals surface area contributed by atoms with Gasteiger partial charge in [0.15, 0.2) is 0 Å². The monoisotopic (exact) mass is 470 g/mol. The molecule has 0 saturated carbocycles. The first-order valence-electron chi connectivity index (χ1n) is 13.4. The summed E-state index contributed by atoms with van der Waals surface area (Å²) < 4.78 is 6.08. The average molecular weight is 471 g/mol. The molecule has 0 spiro atoms. The van der Waals surface area contributed by atoms with Gasteiger partial charge in [0.1, 0.15) is 11.9 Å². The number of fused-ring (bicyclic) bond motifs is 1. The largest absolute Gasteiger partial charge is 0.486 e. The molecule has 0 radical (unpaired) electrons.